The van der Waals surface area contributed by atoms with Crippen LogP contribution in [0.1, 0.15) is 44.4 Å². The first kappa shape index (κ1) is 15.7. The summed E-state index contributed by atoms with van der Waals surface area (Å²) in [4.78, 5) is 3.71. The average Bonchev–Trinajstić information content (AvgIpc) is 2.99. The van der Waals surface area contributed by atoms with E-state index in [1.807, 2.05) is 50.5 Å². The van der Waals surface area contributed by atoms with Gasteiger partial charge in [0.05, 0.1) is 18.0 Å². The minimum Gasteiger partial charge on any atom is -0.316 e. The third kappa shape index (κ3) is 3.15. The van der Waals surface area contributed by atoms with Crippen molar-refractivity contribution < 1.29 is 0 Å². The molecule has 0 aliphatic heterocycles. The summed E-state index contributed by atoms with van der Waals surface area (Å²) in [5.74, 6) is 0. The van der Waals surface area contributed by atoms with E-state index in [-0.39, 0.29) is 0 Å². The minimum absolute atomic E-state index is 0.601. The van der Waals surface area contributed by atoms with Gasteiger partial charge in [-0.1, -0.05) is 6.07 Å². The van der Waals surface area contributed by atoms with E-state index in [2.05, 4.69) is 21.1 Å². The number of aromatic nitrogens is 3. The lowest BCUT2D eigenvalue weighted by molar-refractivity contribution is 0.643. The molecule has 0 amide bonds. The van der Waals surface area contributed by atoms with Crippen molar-refractivity contribution in [3.8, 4) is 6.07 Å². The van der Waals surface area contributed by atoms with Crippen LogP contribution in [0, 0.1) is 17.9 Å². The predicted octanol–water partition coefficient (Wildman–Crippen LogP) is 3.28. The summed E-state index contributed by atoms with van der Waals surface area (Å²) < 4.78 is 1.87. The summed E-state index contributed by atoms with van der Waals surface area (Å²) in [6, 6.07) is 8.34. The highest BCUT2D eigenvalue weighted by atomic mass is 15.2. The summed E-state index contributed by atoms with van der Waals surface area (Å²) in [7, 11) is 0. The van der Waals surface area contributed by atoms with E-state index in [1.54, 1.807) is 12.7 Å². The van der Waals surface area contributed by atoms with Crippen LogP contribution in [-0.4, -0.2) is 14.8 Å². The molecule has 0 fully saturated rings. The molecule has 0 radical (unpaired) electrons. The van der Waals surface area contributed by atoms with Gasteiger partial charge in [-0.15, -0.1) is 10.2 Å². The Morgan fingerprint density at radius 2 is 1.73 bits per heavy atom. The van der Waals surface area contributed by atoms with Gasteiger partial charge in [0, 0.05) is 19.4 Å². The van der Waals surface area contributed by atoms with Crippen molar-refractivity contribution >= 4 is 0 Å². The van der Waals surface area contributed by atoms with Crippen molar-refractivity contribution in [2.24, 2.45) is 0 Å². The Morgan fingerprint density at radius 1 is 1.14 bits per heavy atom. The Hall–Kier alpha value is -2.66. The normalized spacial score (nSPS) is 11.7. The van der Waals surface area contributed by atoms with Crippen LogP contribution in [-0.2, 0) is 17.5 Å². The third-order valence-electron chi connectivity index (χ3n) is 3.81. The van der Waals surface area contributed by atoms with Gasteiger partial charge in [0.2, 0.25) is 0 Å². The molecule has 0 bridgehead atoms. The van der Waals surface area contributed by atoms with Crippen LogP contribution in [0.25, 0.3) is 4.85 Å². The minimum atomic E-state index is -0.622. The molecule has 0 atom stereocenters. The van der Waals surface area contributed by atoms with Crippen LogP contribution in [0.4, 0.5) is 0 Å². The Kier molecular flexibility index (Phi) is 4.01. The second-order valence-corrected chi connectivity index (χ2v) is 6.46. The molecular formula is C17H19N5. The molecule has 5 heteroatoms. The van der Waals surface area contributed by atoms with Gasteiger partial charge in [-0.05, 0) is 37.1 Å². The number of benzene rings is 1. The second-order valence-electron chi connectivity index (χ2n) is 6.46. The summed E-state index contributed by atoms with van der Waals surface area (Å²) in [5.41, 5.74) is 1.66. The molecular weight excluding hydrogens is 274 g/mol. The molecule has 0 aliphatic carbocycles. The van der Waals surface area contributed by atoms with Crippen molar-refractivity contribution in [2.45, 2.75) is 45.2 Å². The van der Waals surface area contributed by atoms with Gasteiger partial charge in [-0.2, -0.15) is 5.26 Å². The predicted molar refractivity (Wildman–Crippen MR) is 83.8 cm³/mol. The zero-order valence-electron chi connectivity index (χ0n) is 13.3. The van der Waals surface area contributed by atoms with Crippen LogP contribution in [0.15, 0.2) is 30.9 Å². The summed E-state index contributed by atoms with van der Waals surface area (Å²) in [6.45, 7) is 15.6. The first-order valence-corrected chi connectivity index (χ1v) is 7.06. The van der Waals surface area contributed by atoms with Crippen molar-refractivity contribution in [1.29, 1.82) is 5.26 Å². The molecule has 0 unspecified atom stereocenters. The van der Waals surface area contributed by atoms with Crippen LogP contribution in [0.2, 0.25) is 0 Å². The van der Waals surface area contributed by atoms with Crippen LogP contribution >= 0.6 is 0 Å². The van der Waals surface area contributed by atoms with Gasteiger partial charge in [0.1, 0.15) is 12.7 Å². The van der Waals surface area contributed by atoms with Gasteiger partial charge in [0.25, 0.3) is 5.54 Å². The zero-order valence-corrected chi connectivity index (χ0v) is 13.3. The van der Waals surface area contributed by atoms with Crippen LogP contribution in [0.5, 0.6) is 0 Å². The monoisotopic (exact) mass is 293 g/mol. The molecule has 112 valence electrons. The Bertz CT molecular complexity index is 698. The molecule has 0 saturated heterocycles. The number of nitrogens with zero attached hydrogens (tertiary/aromatic N) is 5. The Labute approximate surface area is 131 Å². The molecule has 1 aromatic carbocycles. The fourth-order valence-electron chi connectivity index (χ4n) is 2.14. The highest BCUT2D eigenvalue weighted by Gasteiger charge is 2.29. The fraction of sp³-hybridized carbons (Fsp3) is 0.412. The van der Waals surface area contributed by atoms with E-state index < -0.39 is 11.0 Å². The van der Waals surface area contributed by atoms with Crippen molar-refractivity contribution in [2.75, 3.05) is 0 Å². The highest BCUT2D eigenvalue weighted by molar-refractivity contribution is 5.41. The Morgan fingerprint density at radius 3 is 2.27 bits per heavy atom. The lowest BCUT2D eigenvalue weighted by atomic mass is 9.81. The molecule has 22 heavy (non-hydrogen) atoms. The summed E-state index contributed by atoms with van der Waals surface area (Å²) >= 11 is 0. The molecule has 2 rings (SSSR count). The number of rotatable bonds is 4. The van der Waals surface area contributed by atoms with Gasteiger partial charge in [0.15, 0.2) is 0 Å². The maximum Gasteiger partial charge on any atom is 0.252 e. The van der Waals surface area contributed by atoms with Crippen molar-refractivity contribution in [3.05, 3.63) is 59.0 Å². The average molecular weight is 293 g/mol. The largest absolute Gasteiger partial charge is 0.316 e. The zero-order chi connectivity index (χ0) is 16.4. The lowest BCUT2D eigenvalue weighted by Crippen LogP contribution is -2.18. The van der Waals surface area contributed by atoms with E-state index in [0.29, 0.717) is 6.54 Å². The van der Waals surface area contributed by atoms with Crippen molar-refractivity contribution in [1.82, 2.24) is 14.8 Å². The van der Waals surface area contributed by atoms with Gasteiger partial charge < -0.3 is 9.41 Å². The molecule has 5 nitrogen and oxygen atoms in total. The standard InChI is InChI=1S/C17H19N5/c1-16(2,10-18)14-6-13(9-22-11-20-21-12-22)7-15(8-14)17(3,4)19-5/h6-8,11-12H,9H2,1-4H3. The maximum atomic E-state index is 9.41. The number of nitriles is 1. The molecule has 0 spiro atoms. The van der Waals surface area contributed by atoms with E-state index in [1.165, 1.54) is 0 Å². The Balaban J connectivity index is 2.55. The summed E-state index contributed by atoms with van der Waals surface area (Å²) in [6.07, 6.45) is 3.31. The SMILES string of the molecule is [C-]#[N+]C(C)(C)c1cc(Cn2cnnc2)cc(C(C)(C)C#N)c1. The molecule has 0 N–H and O–H groups in total. The molecule has 1 heterocycles. The molecule has 1 aromatic heterocycles. The maximum absolute atomic E-state index is 9.41. The van der Waals surface area contributed by atoms with E-state index >= 15 is 0 Å². The highest BCUT2D eigenvalue weighted by Crippen LogP contribution is 2.31. The fourth-order valence-corrected chi connectivity index (χ4v) is 2.14. The molecule has 0 saturated carbocycles. The van der Waals surface area contributed by atoms with Gasteiger partial charge in [-0.3, -0.25) is 0 Å². The van der Waals surface area contributed by atoms with Gasteiger partial charge in [-0.25, -0.2) is 6.57 Å². The first-order chi connectivity index (χ1) is 10.3. The second kappa shape index (κ2) is 5.61. The van der Waals surface area contributed by atoms with E-state index in [4.69, 9.17) is 6.57 Å². The molecule has 2 aromatic rings. The lowest BCUT2D eigenvalue weighted by Gasteiger charge is -2.21. The quantitative estimate of drug-likeness (QED) is 0.813. The number of hydrogen-bond acceptors (Lipinski definition) is 3. The molecule has 0 aliphatic rings. The smallest absolute Gasteiger partial charge is 0.252 e. The van der Waals surface area contributed by atoms with Crippen LogP contribution in [0.3, 0.4) is 0 Å². The van der Waals surface area contributed by atoms with E-state index in [0.717, 1.165) is 16.7 Å². The summed E-state index contributed by atoms with van der Waals surface area (Å²) in [5, 5.41) is 17.0. The van der Waals surface area contributed by atoms with E-state index in [9.17, 15) is 5.26 Å². The number of hydrogen-bond donors (Lipinski definition) is 0. The topological polar surface area (TPSA) is 58.9 Å². The third-order valence-corrected chi connectivity index (χ3v) is 3.81. The first-order valence-electron chi connectivity index (χ1n) is 7.06. The van der Waals surface area contributed by atoms with Crippen LogP contribution < -0.4 is 0 Å². The van der Waals surface area contributed by atoms with Gasteiger partial charge >= 0.3 is 0 Å². The van der Waals surface area contributed by atoms with Crippen molar-refractivity contribution in [3.63, 3.8) is 0 Å².